The van der Waals surface area contributed by atoms with E-state index in [2.05, 4.69) is 9.97 Å². The molecule has 10 nitrogen and oxygen atoms in total. The van der Waals surface area contributed by atoms with E-state index in [1.54, 1.807) is 23.2 Å². The molecule has 1 saturated carbocycles. The van der Waals surface area contributed by atoms with Crippen molar-refractivity contribution in [1.82, 2.24) is 19.9 Å². The van der Waals surface area contributed by atoms with Gasteiger partial charge in [-0.15, -0.1) is 11.3 Å². The highest BCUT2D eigenvalue weighted by Crippen LogP contribution is 2.54. The van der Waals surface area contributed by atoms with Gasteiger partial charge in [0.1, 0.15) is 64.7 Å². The van der Waals surface area contributed by atoms with Crippen molar-refractivity contribution >= 4 is 49.0 Å². The molecule has 1 aliphatic carbocycles. The number of fused-ring (bicyclic) bond motifs is 2. The molecule has 9 rings (SSSR count). The molecule has 4 aliphatic rings. The number of hydrogen-bond acceptors (Lipinski definition) is 11. The Hall–Kier alpha value is -5.08. The van der Waals surface area contributed by atoms with Crippen LogP contribution in [0.2, 0.25) is 0 Å². The van der Waals surface area contributed by atoms with Crippen LogP contribution in [0.5, 0.6) is 11.8 Å². The number of halogens is 6. The third-order valence-corrected chi connectivity index (χ3v) is 13.0. The van der Waals surface area contributed by atoms with Crippen LogP contribution in [-0.2, 0) is 6.18 Å². The van der Waals surface area contributed by atoms with Crippen LogP contribution in [0.15, 0.2) is 30.5 Å². The molecule has 2 aromatic carbocycles. The van der Waals surface area contributed by atoms with Crippen molar-refractivity contribution in [3.63, 3.8) is 0 Å². The van der Waals surface area contributed by atoms with Crippen molar-refractivity contribution in [3.8, 4) is 29.0 Å². The van der Waals surface area contributed by atoms with E-state index in [9.17, 15) is 9.65 Å². The van der Waals surface area contributed by atoms with E-state index in [-0.39, 0.29) is 82.3 Å². The first kappa shape index (κ1) is 36.6. The molecular formula is C39H36F6N8O2S. The third kappa shape index (κ3) is 5.82. The number of nitrogen functional groups attached to an aromatic ring is 2. The summed E-state index contributed by atoms with van der Waals surface area (Å²) in [7, 11) is 0. The van der Waals surface area contributed by atoms with E-state index >= 15 is 22.0 Å². The first-order chi connectivity index (χ1) is 26.9. The van der Waals surface area contributed by atoms with Crippen LogP contribution in [0, 0.1) is 28.9 Å². The highest BCUT2D eigenvalue weighted by Gasteiger charge is 2.50. The second-order valence-corrected chi connectivity index (χ2v) is 16.2. The van der Waals surface area contributed by atoms with E-state index < -0.39 is 63.5 Å². The summed E-state index contributed by atoms with van der Waals surface area (Å²) in [5.41, 5.74) is 8.78. The van der Waals surface area contributed by atoms with Gasteiger partial charge in [-0.1, -0.05) is 31.4 Å². The second-order valence-electron chi connectivity index (χ2n) is 15.1. The largest absolute Gasteiger partial charge is 0.490 e. The molecule has 0 radical (unpaired) electrons. The molecule has 6 heterocycles. The number of ether oxygens (including phenoxy) is 2. The minimum absolute atomic E-state index is 0.0158. The number of aromatic nitrogens is 3. The van der Waals surface area contributed by atoms with E-state index in [1.165, 1.54) is 0 Å². The van der Waals surface area contributed by atoms with Crippen molar-refractivity contribution < 1.29 is 35.8 Å². The van der Waals surface area contributed by atoms with Gasteiger partial charge in [-0.3, -0.25) is 4.90 Å². The zero-order chi connectivity index (χ0) is 39.1. The highest BCUT2D eigenvalue weighted by molar-refractivity contribution is 7.23. The van der Waals surface area contributed by atoms with Gasteiger partial charge in [-0.2, -0.15) is 28.4 Å². The fourth-order valence-electron chi connectivity index (χ4n) is 9.19. The Morgan fingerprint density at radius 2 is 1.93 bits per heavy atom. The zero-order valence-electron chi connectivity index (χ0n) is 29.9. The molecule has 2 saturated heterocycles. The molecule has 0 spiro atoms. The van der Waals surface area contributed by atoms with Gasteiger partial charge in [0.2, 0.25) is 0 Å². The van der Waals surface area contributed by atoms with E-state index in [4.69, 9.17) is 25.9 Å². The van der Waals surface area contributed by atoms with Crippen molar-refractivity contribution in [3.05, 3.63) is 58.8 Å². The number of benzene rings is 2. The SMILES string of the molecule is N#Cc1c(N)sc2c(F)ccc(-c3c(C(F)(F)F)c4c5c(nc(OC[C@@]67CCCN6C[C@H](F)C7)nc5c3F)N([C@H](CC3CCC3)c3cccnc3N)CCO4)c12. The highest BCUT2D eigenvalue weighted by atomic mass is 32.1. The molecule has 3 aromatic heterocycles. The van der Waals surface area contributed by atoms with E-state index in [0.717, 1.165) is 37.8 Å². The quantitative estimate of drug-likeness (QED) is 0.148. The lowest BCUT2D eigenvalue weighted by Gasteiger charge is -2.37. The topological polar surface area (TPSA) is 139 Å². The lowest BCUT2D eigenvalue weighted by atomic mass is 9.79. The molecular weight excluding hydrogens is 759 g/mol. The summed E-state index contributed by atoms with van der Waals surface area (Å²) in [6.45, 7) is 0.637. The van der Waals surface area contributed by atoms with Crippen LogP contribution in [-0.4, -0.2) is 64.4 Å². The van der Waals surface area contributed by atoms with Crippen LogP contribution < -0.4 is 25.8 Å². The molecule has 3 atom stereocenters. The van der Waals surface area contributed by atoms with Gasteiger partial charge in [0, 0.05) is 35.7 Å². The number of nitriles is 1. The minimum atomic E-state index is -5.23. The molecule has 0 bridgehead atoms. The Kier molecular flexibility index (Phi) is 8.84. The third-order valence-electron chi connectivity index (χ3n) is 12.0. The molecule has 56 heavy (non-hydrogen) atoms. The maximum Gasteiger partial charge on any atom is 0.420 e. The Balaban J connectivity index is 1.32. The van der Waals surface area contributed by atoms with Crippen LogP contribution in [0.1, 0.15) is 67.7 Å². The molecule has 3 fully saturated rings. The summed E-state index contributed by atoms with van der Waals surface area (Å²) >= 11 is 0.678. The minimum Gasteiger partial charge on any atom is -0.490 e. The predicted molar refractivity (Wildman–Crippen MR) is 199 cm³/mol. The fraction of sp³-hybridized carbons (Fsp3) is 0.436. The molecule has 0 amide bonds. The fourth-order valence-corrected chi connectivity index (χ4v) is 10.1. The molecule has 0 unspecified atom stereocenters. The molecule has 17 heteroatoms. The van der Waals surface area contributed by atoms with Crippen LogP contribution in [0.25, 0.3) is 32.1 Å². The number of nitrogens with zero attached hydrogens (tertiary/aromatic N) is 6. The Bertz CT molecular complexity index is 2430. The van der Waals surface area contributed by atoms with Gasteiger partial charge in [0.15, 0.2) is 5.82 Å². The molecule has 292 valence electrons. The number of rotatable bonds is 8. The zero-order valence-corrected chi connectivity index (χ0v) is 30.8. The predicted octanol–water partition coefficient (Wildman–Crippen LogP) is 8.33. The molecule has 3 aliphatic heterocycles. The van der Waals surface area contributed by atoms with Crippen LogP contribution >= 0.6 is 11.3 Å². The smallest absolute Gasteiger partial charge is 0.420 e. The first-order valence-corrected chi connectivity index (χ1v) is 19.4. The van der Waals surface area contributed by atoms with E-state index in [0.29, 0.717) is 36.3 Å². The summed E-state index contributed by atoms with van der Waals surface area (Å²) in [5, 5.41) is 9.26. The van der Waals surface area contributed by atoms with Crippen molar-refractivity contribution in [2.45, 2.75) is 68.9 Å². The Morgan fingerprint density at radius 3 is 2.66 bits per heavy atom. The number of alkyl halides is 4. The average molecular weight is 795 g/mol. The monoisotopic (exact) mass is 794 g/mol. The number of nitrogens with two attached hydrogens (primary N) is 2. The average Bonchev–Trinajstić information content (AvgIpc) is 3.74. The van der Waals surface area contributed by atoms with Gasteiger partial charge in [-0.25, -0.2) is 18.2 Å². The van der Waals surface area contributed by atoms with Crippen molar-refractivity contribution in [2.75, 3.05) is 49.2 Å². The lowest BCUT2D eigenvalue weighted by Crippen LogP contribution is -2.43. The summed E-state index contributed by atoms with van der Waals surface area (Å²) in [6.07, 6.45) is 0.426. The maximum atomic E-state index is 17.6. The van der Waals surface area contributed by atoms with Gasteiger partial charge in [-0.05, 0) is 49.4 Å². The second kappa shape index (κ2) is 13.5. The lowest BCUT2D eigenvalue weighted by molar-refractivity contribution is -0.138. The van der Waals surface area contributed by atoms with E-state index in [1.807, 2.05) is 11.0 Å². The maximum absolute atomic E-state index is 17.6. The van der Waals surface area contributed by atoms with Crippen LogP contribution in [0.4, 0.5) is 43.0 Å². The van der Waals surface area contributed by atoms with Crippen molar-refractivity contribution in [2.24, 2.45) is 5.92 Å². The summed E-state index contributed by atoms with van der Waals surface area (Å²) < 4.78 is 107. The van der Waals surface area contributed by atoms with Gasteiger partial charge >= 0.3 is 12.2 Å². The summed E-state index contributed by atoms with van der Waals surface area (Å²) in [5.74, 6) is -2.51. The Labute approximate surface area is 321 Å². The first-order valence-electron chi connectivity index (χ1n) is 18.6. The van der Waals surface area contributed by atoms with Gasteiger partial charge in [0.05, 0.1) is 33.8 Å². The normalized spacial score (nSPS) is 21.8. The summed E-state index contributed by atoms with van der Waals surface area (Å²) in [4.78, 5) is 17.3. The number of thiophene rings is 1. The standard InChI is InChI=1S/C39H36F6N8O2S/c40-20-15-38(9-3-11-52(38)17-20)18-55-37-50-31-28-32(54-13-12-53(36(28)51-37)25(14-19-4-1-5-19)21-6-2-10-49-34(21)47)29(39(43,44)45)27(30(31)42)22-7-8-24(41)33-26(22)23(16-46)35(48)56-33/h2,6-8,10,19-20,25H,1,3-5,9,11-15,17-18,48H2,(H2,47,49)/t20-,25-,38+/m1/s1. The van der Waals surface area contributed by atoms with Gasteiger partial charge < -0.3 is 25.8 Å². The Morgan fingerprint density at radius 1 is 1.11 bits per heavy atom. The number of anilines is 3. The molecule has 4 N–H and O–H groups in total. The number of pyridine rings is 1. The molecule has 5 aromatic rings. The summed E-state index contributed by atoms with van der Waals surface area (Å²) in [6, 6.07) is 6.42. The van der Waals surface area contributed by atoms with Gasteiger partial charge in [0.25, 0.3) is 0 Å². The number of hydrogen-bond donors (Lipinski definition) is 2. The van der Waals surface area contributed by atoms with Crippen LogP contribution in [0.3, 0.4) is 0 Å². The van der Waals surface area contributed by atoms with Crippen molar-refractivity contribution in [1.29, 1.82) is 5.26 Å².